The normalized spacial score (nSPS) is 40.0. The quantitative estimate of drug-likeness (QED) is 0.460. The third-order valence-corrected chi connectivity index (χ3v) is 2.04. The van der Waals surface area contributed by atoms with Gasteiger partial charge in [-0.05, 0) is 13.0 Å². The molecule has 0 aromatic carbocycles. The molecule has 3 nitrogen and oxygen atoms in total. The van der Waals surface area contributed by atoms with Gasteiger partial charge in [0, 0.05) is 18.7 Å². The molecule has 2 unspecified atom stereocenters. The van der Waals surface area contributed by atoms with Crippen LogP contribution in [0.2, 0.25) is 0 Å². The van der Waals surface area contributed by atoms with Gasteiger partial charge in [-0.3, -0.25) is 0 Å². The molecule has 2 rings (SSSR count). The van der Waals surface area contributed by atoms with Crippen LogP contribution in [-0.2, 0) is 0 Å². The lowest BCUT2D eigenvalue weighted by atomic mass is 9.96. The van der Waals surface area contributed by atoms with Gasteiger partial charge in [0.05, 0.1) is 6.04 Å². The minimum atomic E-state index is 0.631. The Kier molecular flexibility index (Phi) is 1.16. The number of piperidine rings is 1. The Morgan fingerprint density at radius 3 is 3.44 bits per heavy atom. The number of fused-ring (bicyclic) bond motifs is 1. The van der Waals surface area contributed by atoms with Crippen molar-refractivity contribution in [1.29, 1.82) is 0 Å². The number of nitrogens with zero attached hydrogens (tertiary/aromatic N) is 1. The van der Waals surface area contributed by atoms with Gasteiger partial charge < -0.3 is 10.7 Å². The first-order valence-corrected chi connectivity index (χ1v) is 3.46. The number of rotatable bonds is 0. The molecule has 2 atom stereocenters. The molecule has 0 saturated carbocycles. The minimum absolute atomic E-state index is 0.631. The van der Waals surface area contributed by atoms with E-state index in [1.807, 2.05) is 6.21 Å². The second kappa shape index (κ2) is 1.99. The van der Waals surface area contributed by atoms with Gasteiger partial charge in [-0.15, -0.1) is 0 Å². The van der Waals surface area contributed by atoms with Crippen molar-refractivity contribution in [2.45, 2.75) is 12.5 Å². The fourth-order valence-electron chi connectivity index (χ4n) is 1.43. The maximum atomic E-state index is 4.01. The first kappa shape index (κ1) is 5.23. The average Bonchev–Trinajstić information content (AvgIpc) is 2.33. The number of hydrogen-bond acceptors (Lipinski definition) is 3. The molecule has 2 aliphatic rings. The summed E-state index contributed by atoms with van der Waals surface area (Å²) >= 11 is 0. The van der Waals surface area contributed by atoms with Gasteiger partial charge in [0.25, 0.3) is 0 Å². The van der Waals surface area contributed by atoms with E-state index in [2.05, 4.69) is 15.8 Å². The summed E-state index contributed by atoms with van der Waals surface area (Å²) in [5.74, 6) is 0.652. The lowest BCUT2D eigenvalue weighted by molar-refractivity contribution is 0.372. The molecule has 3 heteroatoms. The zero-order chi connectivity index (χ0) is 6.10. The number of nitrogens with one attached hydrogen (secondary N) is 2. The zero-order valence-corrected chi connectivity index (χ0v) is 5.30. The predicted molar refractivity (Wildman–Crippen MR) is 36.4 cm³/mol. The highest BCUT2D eigenvalue weighted by Crippen LogP contribution is 2.12. The average molecular weight is 125 g/mol. The van der Waals surface area contributed by atoms with Crippen molar-refractivity contribution >= 4 is 6.21 Å². The van der Waals surface area contributed by atoms with E-state index in [9.17, 15) is 0 Å². The third-order valence-electron chi connectivity index (χ3n) is 2.04. The minimum Gasteiger partial charge on any atom is -0.316 e. The molecule has 0 radical (unpaired) electrons. The number of hydrazone groups is 1. The second-order valence-electron chi connectivity index (χ2n) is 2.67. The molecular formula is C6H11N3. The van der Waals surface area contributed by atoms with E-state index in [4.69, 9.17) is 0 Å². The Bertz CT molecular complexity index is 132. The third kappa shape index (κ3) is 0.812. The van der Waals surface area contributed by atoms with Crippen LogP contribution in [0, 0.1) is 5.92 Å². The fraction of sp³-hybridized carbons (Fsp3) is 0.833. The summed E-state index contributed by atoms with van der Waals surface area (Å²) in [6.45, 7) is 2.23. The molecule has 0 aromatic rings. The Hall–Kier alpha value is -0.570. The Morgan fingerprint density at radius 1 is 1.56 bits per heavy atom. The van der Waals surface area contributed by atoms with Crippen molar-refractivity contribution < 1.29 is 0 Å². The van der Waals surface area contributed by atoms with Crippen LogP contribution in [-0.4, -0.2) is 25.3 Å². The maximum Gasteiger partial charge on any atom is 0.0542 e. The van der Waals surface area contributed by atoms with E-state index >= 15 is 0 Å². The van der Waals surface area contributed by atoms with E-state index in [-0.39, 0.29) is 0 Å². The van der Waals surface area contributed by atoms with Crippen molar-refractivity contribution in [2.75, 3.05) is 13.1 Å². The molecule has 0 bridgehead atoms. The van der Waals surface area contributed by atoms with E-state index < -0.39 is 0 Å². The van der Waals surface area contributed by atoms with Crippen LogP contribution in [0.3, 0.4) is 0 Å². The SMILES string of the molecule is C1=NNC2CCNCC12. The first-order valence-electron chi connectivity index (χ1n) is 3.46. The zero-order valence-electron chi connectivity index (χ0n) is 5.30. The van der Waals surface area contributed by atoms with Crippen molar-refractivity contribution in [3.05, 3.63) is 0 Å². The Balaban J connectivity index is 2.03. The molecule has 2 heterocycles. The van der Waals surface area contributed by atoms with Crippen LogP contribution >= 0.6 is 0 Å². The highest BCUT2D eigenvalue weighted by atomic mass is 15.3. The summed E-state index contributed by atoms with van der Waals surface area (Å²) in [7, 11) is 0. The second-order valence-corrected chi connectivity index (χ2v) is 2.67. The van der Waals surface area contributed by atoms with E-state index in [0.717, 1.165) is 13.1 Å². The van der Waals surface area contributed by atoms with Crippen LogP contribution in [0.25, 0.3) is 0 Å². The van der Waals surface area contributed by atoms with Crippen molar-refractivity contribution in [1.82, 2.24) is 10.7 Å². The molecule has 0 spiro atoms. The Morgan fingerprint density at radius 2 is 2.56 bits per heavy atom. The molecule has 50 valence electrons. The van der Waals surface area contributed by atoms with Gasteiger partial charge in [-0.1, -0.05) is 0 Å². The van der Waals surface area contributed by atoms with Gasteiger partial charge in [0.1, 0.15) is 0 Å². The largest absolute Gasteiger partial charge is 0.316 e. The van der Waals surface area contributed by atoms with E-state index in [1.165, 1.54) is 6.42 Å². The molecule has 2 aliphatic heterocycles. The van der Waals surface area contributed by atoms with Crippen LogP contribution in [0.15, 0.2) is 5.10 Å². The van der Waals surface area contributed by atoms with Crippen LogP contribution in [0.1, 0.15) is 6.42 Å². The lowest BCUT2D eigenvalue weighted by Crippen LogP contribution is -2.42. The predicted octanol–water partition coefficient (Wildman–Crippen LogP) is -0.447. The van der Waals surface area contributed by atoms with Crippen LogP contribution < -0.4 is 10.7 Å². The summed E-state index contributed by atoms with van der Waals surface area (Å²) in [6, 6.07) is 0.631. The molecule has 0 amide bonds. The standard InChI is InChI=1S/C6H11N3/c1-2-7-3-5-4-8-9-6(1)5/h4-7,9H,1-3H2. The van der Waals surface area contributed by atoms with Crippen LogP contribution in [0.4, 0.5) is 0 Å². The number of hydrogen-bond donors (Lipinski definition) is 2. The van der Waals surface area contributed by atoms with E-state index in [0.29, 0.717) is 12.0 Å². The molecule has 2 N–H and O–H groups in total. The summed E-state index contributed by atoms with van der Waals surface area (Å²) in [4.78, 5) is 0. The first-order chi connectivity index (χ1) is 4.47. The van der Waals surface area contributed by atoms with Crippen molar-refractivity contribution in [2.24, 2.45) is 11.0 Å². The van der Waals surface area contributed by atoms with Crippen molar-refractivity contribution in [3.63, 3.8) is 0 Å². The lowest BCUT2D eigenvalue weighted by Gasteiger charge is -2.23. The maximum absolute atomic E-state index is 4.01. The van der Waals surface area contributed by atoms with Gasteiger partial charge in [-0.2, -0.15) is 5.10 Å². The highest BCUT2D eigenvalue weighted by Gasteiger charge is 2.25. The summed E-state index contributed by atoms with van der Waals surface area (Å²) < 4.78 is 0. The fourth-order valence-corrected chi connectivity index (χ4v) is 1.43. The molecule has 9 heavy (non-hydrogen) atoms. The summed E-state index contributed by atoms with van der Waals surface area (Å²) in [5.41, 5.74) is 3.09. The van der Waals surface area contributed by atoms with Crippen LogP contribution in [0.5, 0.6) is 0 Å². The summed E-state index contributed by atoms with van der Waals surface area (Å²) in [6.07, 6.45) is 3.22. The molecule has 1 saturated heterocycles. The smallest absolute Gasteiger partial charge is 0.0542 e. The monoisotopic (exact) mass is 125 g/mol. The Labute approximate surface area is 54.5 Å². The van der Waals surface area contributed by atoms with Gasteiger partial charge in [0.15, 0.2) is 0 Å². The molecule has 0 aliphatic carbocycles. The van der Waals surface area contributed by atoms with Gasteiger partial charge in [-0.25, -0.2) is 0 Å². The topological polar surface area (TPSA) is 36.4 Å². The molecule has 0 aromatic heterocycles. The van der Waals surface area contributed by atoms with E-state index in [1.54, 1.807) is 0 Å². The van der Waals surface area contributed by atoms with Crippen molar-refractivity contribution in [3.8, 4) is 0 Å². The summed E-state index contributed by atoms with van der Waals surface area (Å²) in [5, 5.41) is 7.34. The molecular weight excluding hydrogens is 114 g/mol. The van der Waals surface area contributed by atoms with Gasteiger partial charge in [0.2, 0.25) is 0 Å². The van der Waals surface area contributed by atoms with Gasteiger partial charge >= 0.3 is 0 Å². The molecule has 1 fully saturated rings. The highest BCUT2D eigenvalue weighted by molar-refractivity contribution is 5.64.